The van der Waals surface area contributed by atoms with E-state index < -0.39 is 8.07 Å². The molecule has 7 aromatic carbocycles. The molecule has 9 aromatic rings. The molecule has 0 N–H and O–H groups in total. The Morgan fingerprint density at radius 2 is 0.923 bits per heavy atom. The van der Waals surface area contributed by atoms with Gasteiger partial charge in [0.25, 0.3) is 0 Å². The fraction of sp³-hybridized carbons (Fsp3) is 0.0426. The van der Waals surface area contributed by atoms with Crippen molar-refractivity contribution in [2.75, 3.05) is 0 Å². The molecule has 0 amide bonds. The van der Waals surface area contributed by atoms with Crippen LogP contribution in [0.5, 0.6) is 0 Å². The van der Waals surface area contributed by atoms with Crippen LogP contribution in [-0.2, 0) is 0 Å². The summed E-state index contributed by atoms with van der Waals surface area (Å²) in [5, 5.41) is 5.10. The molecule has 0 spiro atoms. The van der Waals surface area contributed by atoms with E-state index in [1.165, 1.54) is 32.6 Å². The number of hydrogen-bond donors (Lipinski definition) is 0. The molecular formula is C47H34N3OSi-. The molecule has 1 aliphatic heterocycles. The first-order valence-corrected chi connectivity index (χ1v) is 21.4. The zero-order valence-corrected chi connectivity index (χ0v) is 30.1. The predicted molar refractivity (Wildman–Crippen MR) is 218 cm³/mol. The van der Waals surface area contributed by atoms with Gasteiger partial charge in [0.1, 0.15) is 0 Å². The number of para-hydroxylation sites is 1. The van der Waals surface area contributed by atoms with Gasteiger partial charge in [0, 0.05) is 0 Å². The van der Waals surface area contributed by atoms with E-state index in [4.69, 9.17) is 19.4 Å². The Morgan fingerprint density at radius 1 is 0.404 bits per heavy atom. The van der Waals surface area contributed by atoms with Crippen LogP contribution in [0.1, 0.15) is 0 Å². The van der Waals surface area contributed by atoms with Crippen molar-refractivity contribution in [3.8, 4) is 67.5 Å². The van der Waals surface area contributed by atoms with Crippen molar-refractivity contribution in [1.29, 1.82) is 0 Å². The van der Waals surface area contributed by atoms with Gasteiger partial charge in [0.15, 0.2) is 0 Å². The van der Waals surface area contributed by atoms with Crippen molar-refractivity contribution in [2.24, 2.45) is 0 Å². The van der Waals surface area contributed by atoms with Crippen molar-refractivity contribution in [2.45, 2.75) is 13.1 Å². The number of fused-ring (bicyclic) bond motifs is 6. The van der Waals surface area contributed by atoms with Gasteiger partial charge in [0.2, 0.25) is 0 Å². The molecule has 0 saturated carbocycles. The van der Waals surface area contributed by atoms with E-state index in [2.05, 4.69) is 140 Å². The number of aromatic nitrogens is 3. The van der Waals surface area contributed by atoms with Gasteiger partial charge in [-0.05, 0) is 0 Å². The molecule has 0 aliphatic carbocycles. The van der Waals surface area contributed by atoms with Crippen LogP contribution in [0.15, 0.2) is 168 Å². The van der Waals surface area contributed by atoms with Gasteiger partial charge in [-0.1, -0.05) is 18.2 Å². The zero-order valence-electron chi connectivity index (χ0n) is 28.9. The third-order valence-electron chi connectivity index (χ3n) is 10.8. The van der Waals surface area contributed by atoms with Crippen molar-refractivity contribution in [1.82, 2.24) is 15.0 Å². The normalized spacial score (nSPS) is 13.6. The number of hydrogen-bond acceptors (Lipinski definition) is 4. The Labute approximate surface area is 303 Å². The molecule has 248 valence electrons. The Hall–Kier alpha value is -6.43. The van der Waals surface area contributed by atoms with Crippen LogP contribution in [0.4, 0.5) is 0 Å². The van der Waals surface area contributed by atoms with Gasteiger partial charge in [-0.2, -0.15) is 0 Å². The van der Waals surface area contributed by atoms with Crippen molar-refractivity contribution >= 4 is 40.4 Å². The minimum absolute atomic E-state index is 0.604. The molecule has 1 aliphatic rings. The molecule has 2 aromatic heterocycles. The molecule has 10 rings (SSSR count). The average Bonchev–Trinajstić information content (AvgIpc) is 3.70. The summed E-state index contributed by atoms with van der Waals surface area (Å²) in [6.45, 7) is 4.97. The summed E-state index contributed by atoms with van der Waals surface area (Å²) in [6, 6.07) is 57.6. The maximum atomic E-state index is 6.51. The Balaban J connectivity index is 1.25. The van der Waals surface area contributed by atoms with Gasteiger partial charge in [-0.25, -0.2) is 0 Å². The standard InChI is InChI=1S/C47H34N3OSi/c1-52(2)41-25-15-13-23-36(41)44-38(31-18-8-4-9-19-31)27-34(29-42(44)52)47-49-45(32-20-10-5-11-21-32)48-46(50-47)33-26-37(30-16-6-3-7-17-30)43-35-22-12-14-24-39(35)51-40(43)28-33/h3-29,52H,1-2H3/q-1. The van der Waals surface area contributed by atoms with Crippen molar-refractivity contribution < 1.29 is 4.42 Å². The first-order chi connectivity index (χ1) is 25.5. The van der Waals surface area contributed by atoms with Gasteiger partial charge in [0.05, 0.1) is 0 Å². The van der Waals surface area contributed by atoms with Crippen LogP contribution in [-0.4, -0.2) is 23.0 Å². The summed E-state index contributed by atoms with van der Waals surface area (Å²) in [6.07, 6.45) is 0. The molecule has 3 heterocycles. The van der Waals surface area contributed by atoms with Crippen LogP contribution >= 0.6 is 0 Å². The third kappa shape index (κ3) is 4.85. The van der Waals surface area contributed by atoms with Gasteiger partial charge in [-0.3, -0.25) is 0 Å². The van der Waals surface area contributed by atoms with Crippen LogP contribution in [0, 0.1) is 0 Å². The third-order valence-corrected chi connectivity index (χ3v) is 14.9. The molecule has 4 nitrogen and oxygen atoms in total. The SMILES string of the molecule is C[SiH-]1(C)c2ccccc2-c2c(-c3ccccc3)cc(-c3nc(-c4ccccc4)nc(-c4cc(-c5ccccc5)c5c(c4)oc4ccccc45)n3)cc21. The average molecular weight is 685 g/mol. The molecular weight excluding hydrogens is 651 g/mol. The second kappa shape index (κ2) is 11.8. The van der Waals surface area contributed by atoms with E-state index in [1.54, 1.807) is 0 Å². The van der Waals surface area contributed by atoms with Gasteiger partial charge in [-0.15, -0.1) is 0 Å². The number of benzene rings is 7. The summed E-state index contributed by atoms with van der Waals surface area (Å²) in [7, 11) is -2.41. The monoisotopic (exact) mass is 684 g/mol. The molecule has 0 atom stereocenters. The summed E-state index contributed by atoms with van der Waals surface area (Å²) < 4.78 is 6.51. The first kappa shape index (κ1) is 30.4. The predicted octanol–water partition coefficient (Wildman–Crippen LogP) is 10.6. The molecule has 52 heavy (non-hydrogen) atoms. The van der Waals surface area contributed by atoms with Crippen molar-refractivity contribution in [3.05, 3.63) is 164 Å². The molecule has 0 unspecified atom stereocenters. The number of rotatable bonds is 5. The first-order valence-electron chi connectivity index (χ1n) is 17.9. The molecule has 0 saturated heterocycles. The second-order valence-corrected chi connectivity index (χ2v) is 19.3. The Morgan fingerprint density at radius 3 is 1.62 bits per heavy atom. The van der Waals surface area contributed by atoms with Crippen LogP contribution in [0.25, 0.3) is 89.5 Å². The molecule has 0 radical (unpaired) electrons. The van der Waals surface area contributed by atoms with Crippen LogP contribution < -0.4 is 10.4 Å². The van der Waals surface area contributed by atoms with Crippen molar-refractivity contribution in [3.63, 3.8) is 0 Å². The number of nitrogens with zero attached hydrogens (tertiary/aromatic N) is 3. The Bertz CT molecular complexity index is 2810. The maximum absolute atomic E-state index is 6.51. The van der Waals surface area contributed by atoms with E-state index in [-0.39, 0.29) is 0 Å². The zero-order chi connectivity index (χ0) is 34.8. The summed E-state index contributed by atoms with van der Waals surface area (Å²) in [4.78, 5) is 15.7. The molecule has 0 bridgehead atoms. The molecule has 0 fully saturated rings. The van der Waals surface area contributed by atoms with E-state index >= 15 is 0 Å². The molecule has 5 heteroatoms. The van der Waals surface area contributed by atoms with E-state index in [0.717, 1.165) is 49.8 Å². The van der Waals surface area contributed by atoms with E-state index in [0.29, 0.717) is 17.5 Å². The van der Waals surface area contributed by atoms with Gasteiger partial charge < -0.3 is 0 Å². The quantitative estimate of drug-likeness (QED) is 0.169. The van der Waals surface area contributed by atoms with E-state index in [9.17, 15) is 0 Å². The van der Waals surface area contributed by atoms with E-state index in [1.807, 2.05) is 36.4 Å². The minimum atomic E-state index is -2.41. The second-order valence-electron chi connectivity index (χ2n) is 14.4. The summed E-state index contributed by atoms with van der Waals surface area (Å²) in [5.74, 6) is 1.89. The summed E-state index contributed by atoms with van der Waals surface area (Å²) in [5.41, 5.74) is 11.8. The van der Waals surface area contributed by atoms with Crippen LogP contribution in [0.2, 0.25) is 13.1 Å². The fourth-order valence-electron chi connectivity index (χ4n) is 8.21. The topological polar surface area (TPSA) is 51.8 Å². The number of furan rings is 1. The van der Waals surface area contributed by atoms with Crippen LogP contribution in [0.3, 0.4) is 0 Å². The fourth-order valence-corrected chi connectivity index (χ4v) is 11.8. The summed E-state index contributed by atoms with van der Waals surface area (Å²) >= 11 is 0. The Kier molecular flexibility index (Phi) is 6.91. The van der Waals surface area contributed by atoms with Gasteiger partial charge >= 0.3 is 286 Å².